The first kappa shape index (κ1) is 17.0. The second kappa shape index (κ2) is 5.50. The first-order valence-corrected chi connectivity index (χ1v) is 9.80. The number of aromatic nitrogens is 4. The topological polar surface area (TPSA) is 114 Å². The van der Waals surface area contributed by atoms with Crippen molar-refractivity contribution in [3.63, 3.8) is 0 Å². The molecule has 3 heterocycles. The number of hydrogen-bond acceptors (Lipinski definition) is 7. The Labute approximate surface area is 149 Å². The molecule has 25 heavy (non-hydrogen) atoms. The van der Waals surface area contributed by atoms with Gasteiger partial charge in [-0.3, -0.25) is 4.68 Å². The molecule has 2 aliphatic rings. The van der Waals surface area contributed by atoms with Gasteiger partial charge in [0, 0.05) is 25.9 Å². The standard InChI is InChI=1S/C14H18ClN5O4S/c1-8-10(11(15)19(2)17-8)25(22,23)20-6-5-14(21,7-20)13-16-12(18-24-13)9-3-4-9/h9,21H,3-7H2,1-2H3/t14-/m0/s1. The number of nitrogens with zero attached hydrogens (tertiary/aromatic N) is 5. The van der Waals surface area contributed by atoms with E-state index in [1.807, 2.05) is 0 Å². The fraction of sp³-hybridized carbons (Fsp3) is 0.643. The first-order chi connectivity index (χ1) is 11.7. The van der Waals surface area contributed by atoms with Crippen molar-refractivity contribution in [1.82, 2.24) is 24.2 Å². The molecular weight excluding hydrogens is 370 g/mol. The van der Waals surface area contributed by atoms with Gasteiger partial charge in [-0.05, 0) is 19.8 Å². The van der Waals surface area contributed by atoms with Crippen LogP contribution in [0.1, 0.15) is 42.6 Å². The van der Waals surface area contributed by atoms with Crippen LogP contribution in [0, 0.1) is 6.92 Å². The largest absolute Gasteiger partial charge is 0.379 e. The van der Waals surface area contributed by atoms with Gasteiger partial charge < -0.3 is 9.63 Å². The highest BCUT2D eigenvalue weighted by Crippen LogP contribution is 2.41. The number of hydrogen-bond donors (Lipinski definition) is 1. The first-order valence-electron chi connectivity index (χ1n) is 7.98. The molecule has 1 atom stereocenters. The lowest BCUT2D eigenvalue weighted by Gasteiger charge is -2.19. The third-order valence-corrected chi connectivity index (χ3v) is 7.23. The molecule has 0 aromatic carbocycles. The van der Waals surface area contributed by atoms with Gasteiger partial charge >= 0.3 is 0 Å². The third kappa shape index (κ3) is 2.67. The van der Waals surface area contributed by atoms with E-state index in [1.54, 1.807) is 14.0 Å². The van der Waals surface area contributed by atoms with Crippen LogP contribution in [0.5, 0.6) is 0 Å². The van der Waals surface area contributed by atoms with Crippen molar-refractivity contribution in [2.45, 2.75) is 42.6 Å². The third-order valence-electron chi connectivity index (χ3n) is 4.69. The highest BCUT2D eigenvalue weighted by Gasteiger charge is 2.48. The predicted molar refractivity (Wildman–Crippen MR) is 86.5 cm³/mol. The van der Waals surface area contributed by atoms with Crippen LogP contribution < -0.4 is 0 Å². The molecule has 1 N–H and O–H groups in total. The van der Waals surface area contributed by atoms with E-state index in [0.29, 0.717) is 17.4 Å². The predicted octanol–water partition coefficient (Wildman–Crippen LogP) is 0.925. The monoisotopic (exact) mass is 387 g/mol. The van der Waals surface area contributed by atoms with E-state index in [-0.39, 0.29) is 35.4 Å². The molecule has 0 spiro atoms. The normalized spacial score (nSPS) is 25.0. The van der Waals surface area contributed by atoms with Gasteiger partial charge in [0.25, 0.3) is 5.89 Å². The summed E-state index contributed by atoms with van der Waals surface area (Å²) < 4.78 is 33.6. The zero-order valence-electron chi connectivity index (χ0n) is 13.8. The van der Waals surface area contributed by atoms with E-state index in [0.717, 1.165) is 12.8 Å². The van der Waals surface area contributed by atoms with Crippen LogP contribution in [0.4, 0.5) is 0 Å². The van der Waals surface area contributed by atoms with Crippen LogP contribution in [0.15, 0.2) is 9.42 Å². The van der Waals surface area contributed by atoms with Crippen LogP contribution >= 0.6 is 11.6 Å². The zero-order valence-corrected chi connectivity index (χ0v) is 15.4. The average Bonchev–Trinajstić information content (AvgIpc) is 3.00. The van der Waals surface area contributed by atoms with Crippen molar-refractivity contribution >= 4 is 21.6 Å². The minimum absolute atomic E-state index is 0.0369. The van der Waals surface area contributed by atoms with E-state index in [9.17, 15) is 13.5 Å². The molecule has 0 radical (unpaired) electrons. The highest BCUT2D eigenvalue weighted by molar-refractivity contribution is 7.89. The second-order valence-corrected chi connectivity index (χ2v) is 8.91. The molecule has 1 saturated heterocycles. The Morgan fingerprint density at radius 2 is 2.12 bits per heavy atom. The summed E-state index contributed by atoms with van der Waals surface area (Å²) in [7, 11) is -2.31. The molecule has 2 aromatic heterocycles. The Balaban J connectivity index is 1.62. The van der Waals surface area contributed by atoms with Gasteiger partial charge in [0.05, 0.1) is 12.2 Å². The summed E-state index contributed by atoms with van der Waals surface area (Å²) in [4.78, 5) is 4.23. The Kier molecular flexibility index (Phi) is 3.73. The number of rotatable bonds is 4. The van der Waals surface area contributed by atoms with Crippen LogP contribution in [0.25, 0.3) is 0 Å². The summed E-state index contributed by atoms with van der Waals surface area (Å²) in [6.45, 7) is 1.55. The maximum atomic E-state index is 12.9. The number of aryl methyl sites for hydroxylation is 2. The van der Waals surface area contributed by atoms with Gasteiger partial charge in [0.2, 0.25) is 10.0 Å². The Bertz CT molecular complexity index is 935. The molecule has 1 aliphatic carbocycles. The van der Waals surface area contributed by atoms with E-state index in [1.165, 1.54) is 8.99 Å². The van der Waals surface area contributed by atoms with Gasteiger partial charge in [0.1, 0.15) is 10.0 Å². The van der Waals surface area contributed by atoms with Crippen molar-refractivity contribution in [1.29, 1.82) is 0 Å². The summed E-state index contributed by atoms with van der Waals surface area (Å²) in [5.74, 6) is 0.941. The maximum Gasteiger partial charge on any atom is 0.260 e. The van der Waals surface area contributed by atoms with Crippen molar-refractivity contribution < 1.29 is 18.0 Å². The molecule has 11 heteroatoms. The fourth-order valence-electron chi connectivity index (χ4n) is 3.10. The molecule has 1 saturated carbocycles. The highest BCUT2D eigenvalue weighted by atomic mass is 35.5. The molecule has 4 rings (SSSR count). The summed E-state index contributed by atoms with van der Waals surface area (Å²) in [6.07, 6.45) is 2.20. The summed E-state index contributed by atoms with van der Waals surface area (Å²) >= 11 is 6.10. The molecule has 2 aromatic rings. The Morgan fingerprint density at radius 3 is 2.72 bits per heavy atom. The lowest BCUT2D eigenvalue weighted by Crippen LogP contribution is -2.35. The van der Waals surface area contributed by atoms with Crippen LogP contribution in [-0.4, -0.2) is 50.8 Å². The van der Waals surface area contributed by atoms with Crippen molar-refractivity contribution in [3.05, 3.63) is 22.6 Å². The van der Waals surface area contributed by atoms with E-state index in [4.69, 9.17) is 16.1 Å². The van der Waals surface area contributed by atoms with Crippen LogP contribution in [0.2, 0.25) is 5.15 Å². The Morgan fingerprint density at radius 1 is 1.40 bits per heavy atom. The van der Waals surface area contributed by atoms with Crippen molar-refractivity contribution in [2.75, 3.05) is 13.1 Å². The molecule has 0 bridgehead atoms. The Hall–Kier alpha value is -1.49. The smallest absolute Gasteiger partial charge is 0.260 e. The minimum Gasteiger partial charge on any atom is -0.379 e. The number of halogens is 1. The molecule has 1 aliphatic heterocycles. The summed E-state index contributed by atoms with van der Waals surface area (Å²) in [6, 6.07) is 0. The molecule has 0 amide bonds. The minimum atomic E-state index is -3.89. The lowest BCUT2D eigenvalue weighted by atomic mass is 10.0. The van der Waals surface area contributed by atoms with Crippen molar-refractivity contribution in [3.8, 4) is 0 Å². The maximum absolute atomic E-state index is 12.9. The van der Waals surface area contributed by atoms with Crippen LogP contribution in [0.3, 0.4) is 0 Å². The zero-order chi connectivity index (χ0) is 18.0. The van der Waals surface area contributed by atoms with Crippen LogP contribution in [-0.2, 0) is 22.7 Å². The lowest BCUT2D eigenvalue weighted by molar-refractivity contribution is 0.0194. The molecular formula is C14H18ClN5O4S. The van der Waals surface area contributed by atoms with Gasteiger partial charge in [-0.2, -0.15) is 14.4 Å². The molecule has 136 valence electrons. The number of aliphatic hydroxyl groups is 1. The fourth-order valence-corrected chi connectivity index (χ4v) is 5.30. The molecule has 0 unspecified atom stereocenters. The summed E-state index contributed by atoms with van der Waals surface area (Å²) in [5.41, 5.74) is -1.17. The number of sulfonamides is 1. The SMILES string of the molecule is Cc1nn(C)c(Cl)c1S(=O)(=O)N1CC[C@@](O)(c2nc(C3CC3)no2)C1. The van der Waals surface area contributed by atoms with Gasteiger partial charge in [-0.1, -0.05) is 16.8 Å². The van der Waals surface area contributed by atoms with Gasteiger partial charge in [0.15, 0.2) is 11.4 Å². The quantitative estimate of drug-likeness (QED) is 0.829. The summed E-state index contributed by atoms with van der Waals surface area (Å²) in [5, 5.41) is 18.8. The van der Waals surface area contributed by atoms with E-state index >= 15 is 0 Å². The second-order valence-electron chi connectivity index (χ2n) is 6.68. The van der Waals surface area contributed by atoms with Gasteiger partial charge in [-0.25, -0.2) is 8.42 Å². The molecule has 9 nitrogen and oxygen atoms in total. The van der Waals surface area contributed by atoms with E-state index in [2.05, 4.69) is 15.2 Å². The average molecular weight is 388 g/mol. The molecule has 2 fully saturated rings. The van der Waals surface area contributed by atoms with Gasteiger partial charge in [-0.15, -0.1) is 0 Å². The number of β-amino-alcohol motifs (C(OH)–C–C–N with tert-alkyl or cyclic N) is 1. The van der Waals surface area contributed by atoms with E-state index < -0.39 is 15.6 Å². The van der Waals surface area contributed by atoms with Crippen molar-refractivity contribution in [2.24, 2.45) is 7.05 Å².